The topological polar surface area (TPSA) is 121 Å². The summed E-state index contributed by atoms with van der Waals surface area (Å²) in [6, 6.07) is 10.9. The van der Waals surface area contributed by atoms with Crippen molar-refractivity contribution in [1.29, 1.82) is 5.41 Å². The average molecular weight is 547 g/mol. The second-order valence-corrected chi connectivity index (χ2v) is 11.3. The molecule has 0 radical (unpaired) electrons. The Morgan fingerprint density at radius 2 is 1.81 bits per heavy atom. The molecular weight excluding hydrogens is 524 g/mol. The molecule has 0 aromatic heterocycles. The Balaban J connectivity index is 1.45. The lowest BCUT2D eigenvalue weighted by atomic mass is 10.1. The Morgan fingerprint density at radius 3 is 2.47 bits per heavy atom. The van der Waals surface area contributed by atoms with Crippen molar-refractivity contribution in [3.8, 4) is 11.5 Å². The third kappa shape index (κ3) is 5.32. The minimum absolute atomic E-state index is 0.0407. The number of amidine groups is 3. The van der Waals surface area contributed by atoms with Gasteiger partial charge in [-0.1, -0.05) is 42.3 Å². The lowest BCUT2D eigenvalue weighted by molar-refractivity contribution is -0.114. The standard InChI is InChI=1S/C24H23ClN4O5S2/c1-4-36(31,32)24-28-35-23-27-22(30)17(21(26)29(23)24)12-16-6-8-20(18(25)13-16)34-10-9-33-19-7-5-14(2)11-15(19)3/h5-8,11-13,26H,4,9-10H2,1-3H3/b17-12-,26-21?. The van der Waals surface area contributed by atoms with E-state index in [-0.39, 0.29) is 34.1 Å². The zero-order valence-corrected chi connectivity index (χ0v) is 22.1. The fraction of sp³-hybridized carbons (Fsp3) is 0.250. The number of aliphatic imine (C=N–C) groups is 1. The van der Waals surface area contributed by atoms with Gasteiger partial charge in [0.2, 0.25) is 20.2 Å². The number of halogens is 1. The molecule has 36 heavy (non-hydrogen) atoms. The Hall–Kier alpha value is -3.15. The molecule has 2 aliphatic rings. The molecule has 188 valence electrons. The fourth-order valence-electron chi connectivity index (χ4n) is 3.48. The van der Waals surface area contributed by atoms with Gasteiger partial charge in [-0.3, -0.25) is 10.2 Å². The molecule has 2 aromatic rings. The number of carbonyl (C=O) groups excluding carboxylic acids is 1. The lowest BCUT2D eigenvalue weighted by Crippen LogP contribution is -2.45. The number of hydrogen-bond donors (Lipinski definition) is 1. The maximum absolute atomic E-state index is 12.6. The summed E-state index contributed by atoms with van der Waals surface area (Å²) in [6.07, 6.45) is 1.43. The molecule has 9 nitrogen and oxygen atoms in total. The summed E-state index contributed by atoms with van der Waals surface area (Å²) in [4.78, 5) is 17.5. The molecule has 0 atom stereocenters. The summed E-state index contributed by atoms with van der Waals surface area (Å²) in [5.74, 6) is 0.0603. The summed E-state index contributed by atoms with van der Waals surface area (Å²) in [6.45, 7) is 6.08. The van der Waals surface area contributed by atoms with Crippen LogP contribution in [-0.4, -0.2) is 54.4 Å². The summed E-state index contributed by atoms with van der Waals surface area (Å²) in [7, 11) is -3.71. The second-order valence-electron chi connectivity index (χ2n) is 7.97. The molecule has 0 fully saturated rings. The highest BCUT2D eigenvalue weighted by Gasteiger charge is 2.42. The summed E-state index contributed by atoms with van der Waals surface area (Å²) >= 11 is 7.13. The molecule has 1 N–H and O–H groups in total. The van der Waals surface area contributed by atoms with E-state index in [4.69, 9.17) is 26.5 Å². The van der Waals surface area contributed by atoms with Crippen molar-refractivity contribution in [2.45, 2.75) is 20.8 Å². The lowest BCUT2D eigenvalue weighted by Gasteiger charge is -2.24. The van der Waals surface area contributed by atoms with E-state index in [1.54, 1.807) is 18.2 Å². The van der Waals surface area contributed by atoms with Gasteiger partial charge in [-0.25, -0.2) is 13.3 Å². The van der Waals surface area contributed by atoms with E-state index in [9.17, 15) is 13.2 Å². The molecule has 0 saturated carbocycles. The van der Waals surface area contributed by atoms with Crippen LogP contribution in [0.2, 0.25) is 5.02 Å². The van der Waals surface area contributed by atoms with E-state index in [1.807, 2.05) is 32.0 Å². The van der Waals surface area contributed by atoms with E-state index in [1.165, 1.54) is 13.0 Å². The molecule has 1 amide bonds. The van der Waals surface area contributed by atoms with Gasteiger partial charge >= 0.3 is 0 Å². The van der Waals surface area contributed by atoms with E-state index in [0.29, 0.717) is 22.9 Å². The number of nitrogens with one attached hydrogen (secondary N) is 1. The smallest absolute Gasteiger partial charge is 0.283 e. The van der Waals surface area contributed by atoms with Crippen LogP contribution in [0.15, 0.2) is 51.4 Å². The summed E-state index contributed by atoms with van der Waals surface area (Å²) in [5, 5.41) is 8.52. The highest BCUT2D eigenvalue weighted by Crippen LogP contribution is 2.31. The monoisotopic (exact) mass is 546 g/mol. The number of hydrogen-bond acceptors (Lipinski definition) is 8. The highest BCUT2D eigenvalue weighted by molar-refractivity contribution is 8.16. The number of aryl methyl sites for hydroxylation is 2. The Kier molecular flexibility index (Phi) is 7.53. The quantitative estimate of drug-likeness (QED) is 0.310. The van der Waals surface area contributed by atoms with Crippen molar-refractivity contribution in [2.75, 3.05) is 19.0 Å². The van der Waals surface area contributed by atoms with E-state index in [2.05, 4.69) is 9.39 Å². The number of rotatable bonds is 7. The maximum Gasteiger partial charge on any atom is 0.283 e. The van der Waals surface area contributed by atoms with Crippen molar-refractivity contribution in [2.24, 2.45) is 9.39 Å². The minimum Gasteiger partial charge on any atom is -0.490 e. The van der Waals surface area contributed by atoms with Gasteiger partial charge in [0.1, 0.15) is 30.5 Å². The number of ether oxygens (including phenoxy) is 2. The molecule has 4 rings (SSSR count). The Morgan fingerprint density at radius 1 is 1.11 bits per heavy atom. The van der Waals surface area contributed by atoms with Gasteiger partial charge in [-0.15, -0.1) is 0 Å². The normalized spacial score (nSPS) is 16.7. The van der Waals surface area contributed by atoms with Crippen LogP contribution >= 0.6 is 23.5 Å². The third-order valence-electron chi connectivity index (χ3n) is 5.35. The molecule has 0 bridgehead atoms. The van der Waals surface area contributed by atoms with Gasteiger partial charge in [0.25, 0.3) is 5.91 Å². The van der Waals surface area contributed by atoms with Crippen LogP contribution in [0, 0.1) is 19.3 Å². The molecule has 0 unspecified atom stereocenters. The Labute approximate surface area is 218 Å². The number of nitrogens with zero attached hydrogens (tertiary/aromatic N) is 3. The van der Waals surface area contributed by atoms with Crippen molar-refractivity contribution in [3.05, 3.63) is 63.7 Å². The van der Waals surface area contributed by atoms with Gasteiger partial charge in [0.15, 0.2) is 0 Å². The molecule has 0 spiro atoms. The maximum atomic E-state index is 12.6. The highest BCUT2D eigenvalue weighted by atomic mass is 35.5. The van der Waals surface area contributed by atoms with Crippen LogP contribution in [0.25, 0.3) is 6.08 Å². The molecule has 12 heteroatoms. The first-order valence-corrected chi connectivity index (χ1v) is 13.7. The molecule has 2 aliphatic heterocycles. The van der Waals surface area contributed by atoms with Gasteiger partial charge in [-0.05, 0) is 49.2 Å². The van der Waals surface area contributed by atoms with E-state index < -0.39 is 15.7 Å². The number of carbonyl (C=O) groups is 1. The molecule has 0 saturated heterocycles. The number of amides is 1. The predicted molar refractivity (Wildman–Crippen MR) is 143 cm³/mol. The second kappa shape index (κ2) is 10.5. The van der Waals surface area contributed by atoms with Gasteiger partial charge in [-0.2, -0.15) is 9.39 Å². The van der Waals surface area contributed by atoms with Crippen LogP contribution in [0.5, 0.6) is 11.5 Å². The van der Waals surface area contributed by atoms with Crippen LogP contribution in [0.4, 0.5) is 0 Å². The van der Waals surface area contributed by atoms with Crippen LogP contribution in [0.3, 0.4) is 0 Å². The Bertz CT molecular complexity index is 1450. The van der Waals surface area contributed by atoms with Gasteiger partial charge in [0.05, 0.1) is 28.3 Å². The third-order valence-corrected chi connectivity index (χ3v) is 8.05. The van der Waals surface area contributed by atoms with Crippen molar-refractivity contribution in [1.82, 2.24) is 4.90 Å². The first-order chi connectivity index (χ1) is 17.1. The van der Waals surface area contributed by atoms with Crippen molar-refractivity contribution < 1.29 is 22.7 Å². The summed E-state index contributed by atoms with van der Waals surface area (Å²) < 4.78 is 40.1. The van der Waals surface area contributed by atoms with Crippen LogP contribution in [0.1, 0.15) is 23.6 Å². The molecule has 0 aliphatic carbocycles. The predicted octanol–water partition coefficient (Wildman–Crippen LogP) is 4.43. The zero-order valence-electron chi connectivity index (χ0n) is 19.7. The van der Waals surface area contributed by atoms with Crippen molar-refractivity contribution >= 4 is 61.5 Å². The number of fused-ring (bicyclic) bond motifs is 1. The fourth-order valence-corrected chi connectivity index (χ4v) is 5.69. The number of sulfone groups is 1. The first kappa shape index (κ1) is 25.9. The van der Waals surface area contributed by atoms with Crippen molar-refractivity contribution in [3.63, 3.8) is 0 Å². The number of benzene rings is 2. The van der Waals surface area contributed by atoms with Crippen LogP contribution in [-0.2, 0) is 14.6 Å². The van der Waals surface area contributed by atoms with Gasteiger partial charge in [0, 0.05) is 0 Å². The summed E-state index contributed by atoms with van der Waals surface area (Å²) in [5.41, 5.74) is 2.65. The molecular formula is C24H23ClN4O5S2. The zero-order chi connectivity index (χ0) is 26.0. The molecule has 2 heterocycles. The average Bonchev–Trinajstić information content (AvgIpc) is 3.26. The van der Waals surface area contributed by atoms with Crippen LogP contribution < -0.4 is 9.47 Å². The van der Waals surface area contributed by atoms with E-state index in [0.717, 1.165) is 33.7 Å². The SMILES string of the molecule is CCS(=O)(=O)C1=NSC2=NC(=O)/C(=C\c3ccc(OCCOc4ccc(C)cc4C)c(Cl)c3)C(=N)N21. The molecule has 2 aromatic carbocycles. The van der Waals surface area contributed by atoms with E-state index >= 15 is 0 Å². The minimum atomic E-state index is -3.71. The largest absolute Gasteiger partial charge is 0.490 e. The van der Waals surface area contributed by atoms with Gasteiger partial charge < -0.3 is 9.47 Å². The first-order valence-electron chi connectivity index (χ1n) is 10.9.